The van der Waals surface area contributed by atoms with Crippen LogP contribution in [0.15, 0.2) is 18.2 Å². The third-order valence-electron chi connectivity index (χ3n) is 3.64. The van der Waals surface area contributed by atoms with Crippen molar-refractivity contribution >= 4 is 11.0 Å². The Morgan fingerprint density at radius 2 is 2.11 bits per heavy atom. The summed E-state index contributed by atoms with van der Waals surface area (Å²) in [6.07, 6.45) is 5.09. The highest BCUT2D eigenvalue weighted by Crippen LogP contribution is 2.18. The second-order valence-corrected chi connectivity index (χ2v) is 5.18. The predicted molar refractivity (Wildman–Crippen MR) is 75.6 cm³/mol. The van der Waals surface area contributed by atoms with Gasteiger partial charge in [-0.2, -0.15) is 0 Å². The van der Waals surface area contributed by atoms with Crippen molar-refractivity contribution in [3.63, 3.8) is 0 Å². The summed E-state index contributed by atoms with van der Waals surface area (Å²) in [7, 11) is 0. The van der Waals surface area contributed by atoms with E-state index in [0.29, 0.717) is 0 Å². The first-order valence-corrected chi connectivity index (χ1v) is 7.04. The number of hydrogen-bond donors (Lipinski definition) is 0. The highest BCUT2D eigenvalue weighted by molar-refractivity contribution is 5.74. The monoisotopic (exact) mass is 245 g/mol. The van der Waals surface area contributed by atoms with Gasteiger partial charge in [-0.15, -0.1) is 5.10 Å². The van der Waals surface area contributed by atoms with Gasteiger partial charge in [-0.1, -0.05) is 44.4 Å². The lowest BCUT2D eigenvalue weighted by Crippen LogP contribution is -2.11. The van der Waals surface area contributed by atoms with Gasteiger partial charge in [-0.05, 0) is 37.0 Å². The molecule has 3 nitrogen and oxygen atoms in total. The maximum atomic E-state index is 4.30. The van der Waals surface area contributed by atoms with Gasteiger partial charge in [-0.3, -0.25) is 0 Å². The Morgan fingerprint density at radius 1 is 1.28 bits per heavy atom. The van der Waals surface area contributed by atoms with Crippen molar-refractivity contribution in [3.05, 3.63) is 23.8 Å². The van der Waals surface area contributed by atoms with Crippen LogP contribution in [0.4, 0.5) is 0 Å². The first-order chi connectivity index (χ1) is 8.74. The van der Waals surface area contributed by atoms with E-state index in [0.717, 1.165) is 23.5 Å². The molecule has 2 aromatic rings. The van der Waals surface area contributed by atoms with Gasteiger partial charge in [0.15, 0.2) is 0 Å². The first kappa shape index (κ1) is 13.1. The van der Waals surface area contributed by atoms with Gasteiger partial charge >= 0.3 is 0 Å². The van der Waals surface area contributed by atoms with E-state index < -0.39 is 0 Å². The molecule has 0 aliphatic rings. The Balaban J connectivity index is 2.15. The predicted octanol–water partition coefficient (Wildman–Crippen LogP) is 3.96. The van der Waals surface area contributed by atoms with Crippen molar-refractivity contribution < 1.29 is 0 Å². The Labute approximate surface area is 109 Å². The van der Waals surface area contributed by atoms with Crippen molar-refractivity contribution in [2.75, 3.05) is 0 Å². The Hall–Kier alpha value is -1.38. The Morgan fingerprint density at radius 3 is 2.83 bits per heavy atom. The van der Waals surface area contributed by atoms with Gasteiger partial charge in [0.25, 0.3) is 0 Å². The molecule has 1 atom stereocenters. The maximum Gasteiger partial charge on any atom is 0.113 e. The lowest BCUT2D eigenvalue weighted by molar-refractivity contribution is 0.373. The number of rotatable bonds is 6. The first-order valence-electron chi connectivity index (χ1n) is 7.04. The minimum absolute atomic E-state index is 0.719. The van der Waals surface area contributed by atoms with Crippen LogP contribution in [0.25, 0.3) is 11.0 Å². The van der Waals surface area contributed by atoms with E-state index in [1.807, 2.05) is 0 Å². The molecule has 1 aromatic carbocycles. The summed E-state index contributed by atoms with van der Waals surface area (Å²) < 4.78 is 2.07. The van der Waals surface area contributed by atoms with Gasteiger partial charge in [0.1, 0.15) is 5.52 Å². The molecule has 1 aromatic heterocycles. The van der Waals surface area contributed by atoms with Gasteiger partial charge in [0.2, 0.25) is 0 Å². The zero-order valence-corrected chi connectivity index (χ0v) is 11.7. The molecule has 1 heterocycles. The molecule has 0 saturated carbocycles. The molecular formula is C15H23N3. The standard InChI is InChI=1S/C15H23N3/c1-4-6-7-13(5-2)11-18-15-9-8-12(3)10-14(15)16-17-18/h8-10,13H,4-7,11H2,1-3H3. The van der Waals surface area contributed by atoms with E-state index in [1.54, 1.807) is 0 Å². The van der Waals surface area contributed by atoms with E-state index in [9.17, 15) is 0 Å². The fourth-order valence-electron chi connectivity index (χ4n) is 2.38. The number of hydrogen-bond acceptors (Lipinski definition) is 2. The number of fused-ring (bicyclic) bond motifs is 1. The van der Waals surface area contributed by atoms with Gasteiger partial charge in [-0.25, -0.2) is 4.68 Å². The average molecular weight is 245 g/mol. The van der Waals surface area contributed by atoms with Crippen LogP contribution in [0.5, 0.6) is 0 Å². The number of unbranched alkanes of at least 4 members (excludes halogenated alkanes) is 1. The molecule has 2 rings (SSSR count). The highest BCUT2D eigenvalue weighted by atomic mass is 15.4. The fraction of sp³-hybridized carbons (Fsp3) is 0.600. The molecule has 0 saturated heterocycles. The average Bonchev–Trinajstić information content (AvgIpc) is 2.76. The normalized spacial score (nSPS) is 13.1. The molecule has 0 aliphatic carbocycles. The third kappa shape index (κ3) is 2.89. The summed E-state index contributed by atoms with van der Waals surface area (Å²) in [5.41, 5.74) is 3.42. The van der Waals surface area contributed by atoms with E-state index in [-0.39, 0.29) is 0 Å². The number of aromatic nitrogens is 3. The minimum Gasteiger partial charge on any atom is -0.244 e. The van der Waals surface area contributed by atoms with Crippen LogP contribution in [0.2, 0.25) is 0 Å². The second-order valence-electron chi connectivity index (χ2n) is 5.18. The van der Waals surface area contributed by atoms with E-state index >= 15 is 0 Å². The molecule has 18 heavy (non-hydrogen) atoms. The fourth-order valence-corrected chi connectivity index (χ4v) is 2.38. The summed E-state index contributed by atoms with van der Waals surface area (Å²) >= 11 is 0. The highest BCUT2D eigenvalue weighted by Gasteiger charge is 2.10. The van der Waals surface area contributed by atoms with Crippen molar-refractivity contribution in [2.45, 2.75) is 53.0 Å². The van der Waals surface area contributed by atoms with Crippen LogP contribution in [0.1, 0.15) is 45.1 Å². The van der Waals surface area contributed by atoms with Crippen molar-refractivity contribution in [2.24, 2.45) is 5.92 Å². The molecule has 3 heteroatoms. The van der Waals surface area contributed by atoms with E-state index in [1.165, 1.54) is 31.2 Å². The number of benzene rings is 1. The lowest BCUT2D eigenvalue weighted by Gasteiger charge is -2.14. The summed E-state index contributed by atoms with van der Waals surface area (Å²) in [6.45, 7) is 7.61. The van der Waals surface area contributed by atoms with Crippen LogP contribution in [-0.4, -0.2) is 15.0 Å². The largest absolute Gasteiger partial charge is 0.244 e. The van der Waals surface area contributed by atoms with Crippen LogP contribution in [-0.2, 0) is 6.54 Å². The quantitative estimate of drug-likeness (QED) is 0.771. The van der Waals surface area contributed by atoms with Crippen molar-refractivity contribution in [1.82, 2.24) is 15.0 Å². The minimum atomic E-state index is 0.719. The van der Waals surface area contributed by atoms with E-state index in [2.05, 4.69) is 54.0 Å². The summed E-state index contributed by atoms with van der Waals surface area (Å²) in [6, 6.07) is 6.37. The topological polar surface area (TPSA) is 30.7 Å². The van der Waals surface area contributed by atoms with Crippen LogP contribution in [0.3, 0.4) is 0 Å². The Kier molecular flexibility index (Phi) is 4.34. The summed E-state index contributed by atoms with van der Waals surface area (Å²) in [5.74, 6) is 0.719. The molecule has 0 spiro atoms. The molecule has 0 fully saturated rings. The summed E-state index contributed by atoms with van der Waals surface area (Å²) in [4.78, 5) is 0. The van der Waals surface area contributed by atoms with Crippen LogP contribution < -0.4 is 0 Å². The molecule has 1 unspecified atom stereocenters. The maximum absolute atomic E-state index is 4.30. The Bertz CT molecular complexity index is 501. The van der Waals surface area contributed by atoms with E-state index in [4.69, 9.17) is 0 Å². The van der Waals surface area contributed by atoms with Gasteiger partial charge < -0.3 is 0 Å². The molecule has 0 bridgehead atoms. The molecule has 0 aliphatic heterocycles. The van der Waals surface area contributed by atoms with Gasteiger partial charge in [0.05, 0.1) is 5.52 Å². The number of nitrogens with zero attached hydrogens (tertiary/aromatic N) is 3. The third-order valence-corrected chi connectivity index (χ3v) is 3.64. The zero-order valence-electron chi connectivity index (χ0n) is 11.7. The lowest BCUT2D eigenvalue weighted by atomic mass is 9.99. The SMILES string of the molecule is CCCCC(CC)Cn1nnc2cc(C)ccc21. The van der Waals surface area contributed by atoms with Crippen LogP contribution >= 0.6 is 0 Å². The molecule has 0 N–H and O–H groups in total. The van der Waals surface area contributed by atoms with Gasteiger partial charge in [0, 0.05) is 6.54 Å². The summed E-state index contributed by atoms with van der Waals surface area (Å²) in [5, 5.41) is 8.56. The molecule has 0 amide bonds. The zero-order chi connectivity index (χ0) is 13.0. The van der Waals surface area contributed by atoms with Crippen LogP contribution in [0, 0.1) is 12.8 Å². The molecule has 0 radical (unpaired) electrons. The second kappa shape index (κ2) is 5.98. The van der Waals surface area contributed by atoms with Crippen molar-refractivity contribution in [3.8, 4) is 0 Å². The number of aryl methyl sites for hydroxylation is 1. The smallest absolute Gasteiger partial charge is 0.113 e. The van der Waals surface area contributed by atoms with Crippen molar-refractivity contribution in [1.29, 1.82) is 0 Å². The molecular weight excluding hydrogens is 222 g/mol. The molecule has 98 valence electrons.